The number of benzene rings is 1. The maximum Gasteiger partial charge on any atom is 0.294 e. The summed E-state index contributed by atoms with van der Waals surface area (Å²) in [6.45, 7) is 1.56. The van der Waals surface area contributed by atoms with E-state index in [1.165, 1.54) is 6.07 Å². The van der Waals surface area contributed by atoms with Gasteiger partial charge in [-0.3, -0.25) is 10.1 Å². The highest BCUT2D eigenvalue weighted by Gasteiger charge is 2.26. The average molecular weight is 270 g/mol. The van der Waals surface area contributed by atoms with E-state index in [1.807, 2.05) is 11.9 Å². The summed E-state index contributed by atoms with van der Waals surface area (Å²) in [5.74, 6) is 0. The zero-order chi connectivity index (χ0) is 13.1. The van der Waals surface area contributed by atoms with Crippen LogP contribution in [-0.2, 0) is 0 Å². The highest BCUT2D eigenvalue weighted by molar-refractivity contribution is 6.33. The van der Waals surface area contributed by atoms with Gasteiger partial charge in [-0.2, -0.15) is 0 Å². The summed E-state index contributed by atoms with van der Waals surface area (Å²) >= 11 is 6.13. The molecule has 2 rings (SSSR count). The van der Waals surface area contributed by atoms with Gasteiger partial charge in [0.15, 0.2) is 0 Å². The van der Waals surface area contributed by atoms with Crippen LogP contribution in [0.5, 0.6) is 0 Å². The minimum atomic E-state index is -0.371. The Morgan fingerprint density at radius 3 is 3.00 bits per heavy atom. The molecule has 1 unspecified atom stereocenters. The Kier molecular flexibility index (Phi) is 4.04. The van der Waals surface area contributed by atoms with Crippen molar-refractivity contribution in [3.05, 3.63) is 33.3 Å². The van der Waals surface area contributed by atoms with Gasteiger partial charge in [-0.15, -0.1) is 0 Å². The number of hydrogen-bond donors (Lipinski definition) is 1. The first-order chi connectivity index (χ1) is 8.63. The number of nitrogens with zero attached hydrogens (tertiary/aromatic N) is 2. The molecule has 0 saturated carbocycles. The van der Waals surface area contributed by atoms with E-state index in [0.717, 1.165) is 25.9 Å². The minimum Gasteiger partial charge on any atom is -0.363 e. The molecule has 0 bridgehead atoms. The fourth-order valence-electron chi connectivity index (χ4n) is 2.38. The number of nitrogens with one attached hydrogen (secondary N) is 1. The van der Waals surface area contributed by atoms with Crippen LogP contribution in [0.3, 0.4) is 0 Å². The molecule has 18 heavy (non-hydrogen) atoms. The van der Waals surface area contributed by atoms with Gasteiger partial charge >= 0.3 is 0 Å². The molecule has 1 aliphatic heterocycles. The van der Waals surface area contributed by atoms with Crippen LogP contribution in [-0.4, -0.2) is 31.1 Å². The van der Waals surface area contributed by atoms with Crippen LogP contribution in [0.2, 0.25) is 5.02 Å². The van der Waals surface area contributed by atoms with Gasteiger partial charge in [0.2, 0.25) is 0 Å². The van der Waals surface area contributed by atoms with Crippen molar-refractivity contribution in [2.75, 3.05) is 25.0 Å². The highest BCUT2D eigenvalue weighted by Crippen LogP contribution is 2.36. The minimum absolute atomic E-state index is 0.0826. The molecule has 0 radical (unpaired) electrons. The largest absolute Gasteiger partial charge is 0.363 e. The van der Waals surface area contributed by atoms with Crippen LogP contribution in [0.15, 0.2) is 18.2 Å². The fraction of sp³-hybridized carbons (Fsp3) is 0.500. The molecule has 1 aliphatic rings. The van der Waals surface area contributed by atoms with E-state index in [2.05, 4.69) is 5.32 Å². The Morgan fingerprint density at radius 1 is 1.56 bits per heavy atom. The number of nitro benzene ring substituents is 1. The molecule has 0 aromatic heterocycles. The zero-order valence-corrected chi connectivity index (χ0v) is 11.0. The van der Waals surface area contributed by atoms with Crippen molar-refractivity contribution in [3.63, 3.8) is 0 Å². The smallest absolute Gasteiger partial charge is 0.294 e. The molecule has 1 atom stereocenters. The Hall–Kier alpha value is -1.33. The van der Waals surface area contributed by atoms with Gasteiger partial charge in [0.25, 0.3) is 5.69 Å². The van der Waals surface area contributed by atoms with E-state index in [4.69, 9.17) is 11.6 Å². The maximum atomic E-state index is 11.1. The number of hydrogen-bond acceptors (Lipinski definition) is 4. The van der Waals surface area contributed by atoms with Crippen molar-refractivity contribution in [1.29, 1.82) is 0 Å². The first kappa shape index (κ1) is 13.1. The standard InChI is InChI=1S/C12H16ClN3O2/c1-14-9-4-3-7-15(8-9)12-10(13)5-2-6-11(12)16(17)18/h2,5-6,9,14H,3-4,7-8H2,1H3. The van der Waals surface area contributed by atoms with Crippen molar-refractivity contribution < 1.29 is 4.92 Å². The third-order valence-corrected chi connectivity index (χ3v) is 3.61. The van der Waals surface area contributed by atoms with Crippen LogP contribution in [0.25, 0.3) is 0 Å². The molecular formula is C12H16ClN3O2. The van der Waals surface area contributed by atoms with Crippen LogP contribution in [0.1, 0.15) is 12.8 Å². The van der Waals surface area contributed by atoms with Crippen molar-refractivity contribution in [2.45, 2.75) is 18.9 Å². The predicted molar refractivity (Wildman–Crippen MR) is 72.4 cm³/mol. The highest BCUT2D eigenvalue weighted by atomic mass is 35.5. The number of rotatable bonds is 3. The summed E-state index contributed by atoms with van der Waals surface area (Å²) in [6.07, 6.45) is 2.10. The second-order valence-corrected chi connectivity index (χ2v) is 4.85. The van der Waals surface area contributed by atoms with Crippen molar-refractivity contribution in [1.82, 2.24) is 5.32 Å². The van der Waals surface area contributed by atoms with Crippen molar-refractivity contribution >= 4 is 23.0 Å². The lowest BCUT2D eigenvalue weighted by molar-refractivity contribution is -0.384. The summed E-state index contributed by atoms with van der Waals surface area (Å²) in [7, 11) is 1.91. The fourth-order valence-corrected chi connectivity index (χ4v) is 2.67. The van der Waals surface area contributed by atoms with E-state index >= 15 is 0 Å². The molecule has 6 heteroatoms. The SMILES string of the molecule is CNC1CCCN(c2c(Cl)cccc2[N+](=O)[O-])C1. The predicted octanol–water partition coefficient (Wildman–Crippen LogP) is 2.44. The van der Waals surface area contributed by atoms with Gasteiger partial charge in [-0.25, -0.2) is 0 Å². The first-order valence-corrected chi connectivity index (χ1v) is 6.36. The van der Waals surface area contributed by atoms with Gasteiger partial charge in [0.05, 0.1) is 9.95 Å². The molecule has 1 aromatic rings. The van der Waals surface area contributed by atoms with Gasteiger partial charge in [-0.1, -0.05) is 17.7 Å². The second kappa shape index (κ2) is 5.54. The summed E-state index contributed by atoms with van der Waals surface area (Å²) in [5.41, 5.74) is 0.628. The summed E-state index contributed by atoms with van der Waals surface area (Å²) < 4.78 is 0. The lowest BCUT2D eigenvalue weighted by Gasteiger charge is -2.34. The third-order valence-electron chi connectivity index (χ3n) is 3.31. The maximum absolute atomic E-state index is 11.1. The third kappa shape index (κ3) is 2.57. The summed E-state index contributed by atoms with van der Waals surface area (Å²) in [4.78, 5) is 12.7. The van der Waals surface area contributed by atoms with E-state index in [-0.39, 0.29) is 10.6 Å². The topological polar surface area (TPSA) is 58.4 Å². The Labute approximate surface area is 111 Å². The lowest BCUT2D eigenvalue weighted by atomic mass is 10.0. The van der Waals surface area contributed by atoms with E-state index in [0.29, 0.717) is 16.8 Å². The van der Waals surface area contributed by atoms with E-state index in [1.54, 1.807) is 12.1 Å². The van der Waals surface area contributed by atoms with Crippen molar-refractivity contribution in [2.24, 2.45) is 0 Å². The molecule has 98 valence electrons. The molecule has 1 heterocycles. The van der Waals surface area contributed by atoms with E-state index < -0.39 is 0 Å². The summed E-state index contributed by atoms with van der Waals surface area (Å²) in [6, 6.07) is 5.18. The number of halogens is 1. The second-order valence-electron chi connectivity index (χ2n) is 4.44. The molecule has 0 amide bonds. The zero-order valence-electron chi connectivity index (χ0n) is 10.2. The van der Waals surface area contributed by atoms with Crippen molar-refractivity contribution in [3.8, 4) is 0 Å². The van der Waals surface area contributed by atoms with Gasteiger partial charge < -0.3 is 10.2 Å². The number of likely N-dealkylation sites (N-methyl/N-ethyl adjacent to an activating group) is 1. The number of para-hydroxylation sites is 1. The molecular weight excluding hydrogens is 254 g/mol. The molecule has 1 aromatic carbocycles. The first-order valence-electron chi connectivity index (χ1n) is 5.98. The Morgan fingerprint density at radius 2 is 2.33 bits per heavy atom. The van der Waals surface area contributed by atoms with Crippen LogP contribution in [0.4, 0.5) is 11.4 Å². The molecule has 1 saturated heterocycles. The lowest BCUT2D eigenvalue weighted by Crippen LogP contribution is -2.44. The number of nitro groups is 1. The molecule has 1 N–H and O–H groups in total. The number of piperidine rings is 1. The molecule has 5 nitrogen and oxygen atoms in total. The van der Waals surface area contributed by atoms with Gasteiger partial charge in [0, 0.05) is 25.2 Å². The Bertz CT molecular complexity index is 453. The van der Waals surface area contributed by atoms with E-state index in [9.17, 15) is 10.1 Å². The van der Waals surface area contributed by atoms with Crippen LogP contribution in [0, 0.1) is 10.1 Å². The van der Waals surface area contributed by atoms with Crippen LogP contribution >= 0.6 is 11.6 Å². The Balaban J connectivity index is 2.34. The summed E-state index contributed by atoms with van der Waals surface area (Å²) in [5, 5.41) is 14.7. The van der Waals surface area contributed by atoms with Crippen LogP contribution < -0.4 is 10.2 Å². The normalized spacial score (nSPS) is 19.9. The quantitative estimate of drug-likeness (QED) is 0.676. The average Bonchev–Trinajstić information content (AvgIpc) is 2.38. The molecule has 1 fully saturated rings. The monoisotopic (exact) mass is 269 g/mol. The number of anilines is 1. The van der Waals surface area contributed by atoms with Gasteiger partial charge in [0.1, 0.15) is 5.69 Å². The molecule has 0 aliphatic carbocycles. The van der Waals surface area contributed by atoms with Gasteiger partial charge in [-0.05, 0) is 26.0 Å². The molecule has 0 spiro atoms.